The van der Waals surface area contributed by atoms with Crippen LogP contribution in [0.1, 0.15) is 52.8 Å². The van der Waals surface area contributed by atoms with Crippen molar-refractivity contribution in [2.45, 2.75) is 45.7 Å². The molecule has 0 radical (unpaired) electrons. The number of amides is 1. The number of hydrogen-bond acceptors (Lipinski definition) is 6. The summed E-state index contributed by atoms with van der Waals surface area (Å²) in [7, 11) is 3.85. The summed E-state index contributed by atoms with van der Waals surface area (Å²) in [6.45, 7) is 4.79. The van der Waals surface area contributed by atoms with Crippen molar-refractivity contribution in [2.75, 3.05) is 19.0 Å². The molecule has 1 N–H and O–H groups in total. The molecule has 1 amide bonds. The zero-order chi connectivity index (χ0) is 16.6. The largest absolute Gasteiger partial charge is 0.354 e. The topological polar surface area (TPSA) is 75.9 Å². The SMILES string of the molecule is CCc1nc2n(n1)CCCC2NC(=O)c1sc(N(C)C)nc1C. The molecular formula is C15H22N6OS. The first-order chi connectivity index (χ1) is 11.0. The van der Waals surface area contributed by atoms with Crippen molar-refractivity contribution in [3.05, 3.63) is 22.2 Å². The maximum atomic E-state index is 12.6. The summed E-state index contributed by atoms with van der Waals surface area (Å²) >= 11 is 1.42. The van der Waals surface area contributed by atoms with Crippen LogP contribution in [0, 0.1) is 6.92 Å². The van der Waals surface area contributed by atoms with Gasteiger partial charge in [-0.1, -0.05) is 18.3 Å². The number of hydrogen-bond donors (Lipinski definition) is 1. The van der Waals surface area contributed by atoms with Gasteiger partial charge in [-0.2, -0.15) is 5.10 Å². The predicted molar refractivity (Wildman–Crippen MR) is 90.0 cm³/mol. The van der Waals surface area contributed by atoms with Gasteiger partial charge in [0.1, 0.15) is 10.7 Å². The van der Waals surface area contributed by atoms with Crippen molar-refractivity contribution in [1.82, 2.24) is 25.1 Å². The minimum atomic E-state index is -0.0763. The summed E-state index contributed by atoms with van der Waals surface area (Å²) in [5.41, 5.74) is 0.766. The normalized spacial score (nSPS) is 17.0. The molecule has 3 heterocycles. The van der Waals surface area contributed by atoms with Crippen molar-refractivity contribution < 1.29 is 4.79 Å². The van der Waals surface area contributed by atoms with E-state index < -0.39 is 0 Å². The smallest absolute Gasteiger partial charge is 0.263 e. The maximum Gasteiger partial charge on any atom is 0.263 e. The zero-order valence-electron chi connectivity index (χ0n) is 14.0. The molecule has 124 valence electrons. The molecule has 7 nitrogen and oxygen atoms in total. The van der Waals surface area contributed by atoms with Gasteiger partial charge < -0.3 is 10.2 Å². The molecule has 0 aromatic carbocycles. The number of fused-ring (bicyclic) bond motifs is 1. The Morgan fingerprint density at radius 1 is 1.43 bits per heavy atom. The monoisotopic (exact) mass is 334 g/mol. The average molecular weight is 334 g/mol. The van der Waals surface area contributed by atoms with Gasteiger partial charge in [0, 0.05) is 27.1 Å². The second-order valence-corrected chi connectivity index (χ2v) is 6.91. The average Bonchev–Trinajstić information content (AvgIpc) is 3.11. The highest BCUT2D eigenvalue weighted by Crippen LogP contribution is 2.27. The van der Waals surface area contributed by atoms with Crippen molar-refractivity contribution >= 4 is 22.4 Å². The van der Waals surface area contributed by atoms with Crippen LogP contribution in [0.15, 0.2) is 0 Å². The van der Waals surface area contributed by atoms with Gasteiger partial charge in [-0.05, 0) is 19.8 Å². The summed E-state index contributed by atoms with van der Waals surface area (Å²) in [6.07, 6.45) is 2.70. The number of nitrogens with zero attached hydrogens (tertiary/aromatic N) is 5. The zero-order valence-corrected chi connectivity index (χ0v) is 14.8. The fourth-order valence-electron chi connectivity index (χ4n) is 2.69. The van der Waals surface area contributed by atoms with Gasteiger partial charge in [-0.25, -0.2) is 14.6 Å². The summed E-state index contributed by atoms with van der Waals surface area (Å²) in [5, 5.41) is 8.43. The lowest BCUT2D eigenvalue weighted by atomic mass is 10.1. The Hall–Kier alpha value is -1.96. The number of nitrogens with one attached hydrogen (secondary N) is 1. The van der Waals surface area contributed by atoms with Gasteiger partial charge >= 0.3 is 0 Å². The Labute approximate surface area is 139 Å². The molecule has 0 fully saturated rings. The minimum absolute atomic E-state index is 0.0756. The van der Waals surface area contributed by atoms with Gasteiger partial charge in [0.2, 0.25) is 0 Å². The molecular weight excluding hydrogens is 312 g/mol. The molecule has 2 aromatic rings. The lowest BCUT2D eigenvalue weighted by molar-refractivity contribution is 0.0930. The molecule has 1 aliphatic heterocycles. The molecule has 1 atom stereocenters. The second-order valence-electron chi connectivity index (χ2n) is 5.94. The molecule has 1 unspecified atom stereocenters. The Morgan fingerprint density at radius 2 is 2.22 bits per heavy atom. The Morgan fingerprint density at radius 3 is 2.87 bits per heavy atom. The van der Waals surface area contributed by atoms with Crippen molar-refractivity contribution in [3.8, 4) is 0 Å². The highest BCUT2D eigenvalue weighted by Gasteiger charge is 2.27. The van der Waals surface area contributed by atoms with E-state index in [4.69, 9.17) is 0 Å². The fourth-order valence-corrected chi connectivity index (χ4v) is 3.59. The van der Waals surface area contributed by atoms with E-state index in [1.165, 1.54) is 11.3 Å². The standard InChI is InChI=1S/C15H22N6OS/c1-5-11-18-13-10(7-6-8-21(13)19-11)17-14(22)12-9(2)16-15(23-12)20(3)4/h10H,5-8H2,1-4H3,(H,17,22). The van der Waals surface area contributed by atoms with Crippen molar-refractivity contribution in [1.29, 1.82) is 0 Å². The van der Waals surface area contributed by atoms with Crippen LogP contribution in [0.3, 0.4) is 0 Å². The van der Waals surface area contributed by atoms with Crippen LogP contribution < -0.4 is 10.2 Å². The van der Waals surface area contributed by atoms with E-state index >= 15 is 0 Å². The van der Waals surface area contributed by atoms with Crippen LogP contribution in [-0.4, -0.2) is 39.8 Å². The third kappa shape index (κ3) is 3.08. The molecule has 8 heteroatoms. The molecule has 0 saturated carbocycles. The maximum absolute atomic E-state index is 12.6. The third-order valence-corrected chi connectivity index (χ3v) is 5.24. The van der Waals surface area contributed by atoms with Crippen molar-refractivity contribution in [2.24, 2.45) is 0 Å². The molecule has 0 spiro atoms. The van der Waals surface area contributed by atoms with Crippen molar-refractivity contribution in [3.63, 3.8) is 0 Å². The fraction of sp³-hybridized carbons (Fsp3) is 0.600. The first-order valence-electron chi connectivity index (χ1n) is 7.88. The molecule has 1 aliphatic rings. The van der Waals surface area contributed by atoms with Gasteiger partial charge in [-0.3, -0.25) is 4.79 Å². The van der Waals surface area contributed by atoms with Gasteiger partial charge in [0.05, 0.1) is 11.7 Å². The first-order valence-corrected chi connectivity index (χ1v) is 8.70. The van der Waals surface area contributed by atoms with E-state index in [1.54, 1.807) is 0 Å². The number of anilines is 1. The highest BCUT2D eigenvalue weighted by molar-refractivity contribution is 7.17. The highest BCUT2D eigenvalue weighted by atomic mass is 32.1. The number of carbonyl (C=O) groups excluding carboxylic acids is 1. The van der Waals surface area contributed by atoms with E-state index in [-0.39, 0.29) is 11.9 Å². The predicted octanol–water partition coefficient (Wildman–Crippen LogP) is 1.94. The second kappa shape index (κ2) is 6.27. The molecule has 3 rings (SSSR count). The van der Waals surface area contributed by atoms with Gasteiger partial charge in [-0.15, -0.1) is 0 Å². The number of carbonyl (C=O) groups is 1. The van der Waals surface area contributed by atoms with E-state index in [9.17, 15) is 4.79 Å². The Bertz CT molecular complexity index is 720. The van der Waals surface area contributed by atoms with E-state index in [2.05, 4.69) is 20.4 Å². The van der Waals surface area contributed by atoms with E-state index in [0.29, 0.717) is 4.88 Å². The Balaban J connectivity index is 1.80. The number of aromatic nitrogens is 4. The third-order valence-electron chi connectivity index (χ3n) is 3.91. The summed E-state index contributed by atoms with van der Waals surface area (Å²) in [4.78, 5) is 24.2. The van der Waals surface area contributed by atoms with Gasteiger partial charge in [0.15, 0.2) is 11.0 Å². The van der Waals surface area contributed by atoms with Crippen LogP contribution in [0.4, 0.5) is 5.13 Å². The first kappa shape index (κ1) is 15.9. The van der Waals surface area contributed by atoms with Crippen LogP contribution in [0.25, 0.3) is 0 Å². The molecule has 0 aliphatic carbocycles. The number of rotatable bonds is 4. The summed E-state index contributed by atoms with van der Waals surface area (Å²) in [5.74, 6) is 1.63. The van der Waals surface area contributed by atoms with Crippen LogP contribution in [-0.2, 0) is 13.0 Å². The molecule has 0 bridgehead atoms. The van der Waals surface area contributed by atoms with Crippen LogP contribution in [0.5, 0.6) is 0 Å². The molecule has 0 saturated heterocycles. The van der Waals surface area contributed by atoms with Crippen LogP contribution >= 0.6 is 11.3 Å². The lowest BCUT2D eigenvalue weighted by Gasteiger charge is -2.22. The minimum Gasteiger partial charge on any atom is -0.354 e. The van der Waals surface area contributed by atoms with Crippen LogP contribution in [0.2, 0.25) is 0 Å². The molecule has 2 aromatic heterocycles. The quantitative estimate of drug-likeness (QED) is 0.925. The summed E-state index contributed by atoms with van der Waals surface area (Å²) < 4.78 is 1.93. The van der Waals surface area contributed by atoms with Gasteiger partial charge in [0.25, 0.3) is 5.91 Å². The summed E-state index contributed by atoms with van der Waals surface area (Å²) in [6, 6.07) is -0.0756. The number of thiazole rings is 1. The van der Waals surface area contributed by atoms with E-state index in [1.807, 2.05) is 37.5 Å². The van der Waals surface area contributed by atoms with E-state index in [0.717, 1.165) is 48.3 Å². The lowest BCUT2D eigenvalue weighted by Crippen LogP contribution is -2.33. The Kier molecular flexibility index (Phi) is 4.34. The molecule has 23 heavy (non-hydrogen) atoms. The number of aryl methyl sites for hydroxylation is 3.